The number of H-pyrrole nitrogens is 1. The first-order chi connectivity index (χ1) is 15.5. The first-order valence-corrected chi connectivity index (χ1v) is 10.3. The molecule has 3 aromatic rings. The van der Waals surface area contributed by atoms with Gasteiger partial charge in [0.2, 0.25) is 0 Å². The molecule has 5 rings (SSSR count). The molecular weight excluding hydrogens is 422 g/mol. The van der Waals surface area contributed by atoms with E-state index in [1.807, 2.05) is 0 Å². The van der Waals surface area contributed by atoms with E-state index in [1.54, 1.807) is 18.5 Å². The highest BCUT2D eigenvalue weighted by Gasteiger charge is 2.43. The number of benzene rings is 1. The van der Waals surface area contributed by atoms with Crippen LogP contribution in [0.1, 0.15) is 24.8 Å². The van der Waals surface area contributed by atoms with Gasteiger partial charge in [-0.25, -0.2) is 18.6 Å². The lowest BCUT2D eigenvalue weighted by Crippen LogP contribution is -2.54. The quantitative estimate of drug-likeness (QED) is 0.640. The van der Waals surface area contributed by atoms with Crippen molar-refractivity contribution >= 4 is 28.4 Å². The van der Waals surface area contributed by atoms with E-state index in [4.69, 9.17) is 9.47 Å². The number of carbonyl (C=O) groups excluding carboxylic acids is 1. The highest BCUT2D eigenvalue weighted by molar-refractivity contribution is 6.12. The standard InChI is InChI=1S/C22H22F2N4O4/c1-31-15-8-16(32-2)18(24)20(17(15)23)27-10-11-9-26-21-12(6-7-25-21)19(11)28(22(27)30)13-4-3-5-14(13)29/h6-9,13-14,29H,3-5,10H2,1-2H3,(H,25,26)/t13-,14-/m1/s1. The third kappa shape index (κ3) is 2.89. The molecule has 2 amide bonds. The zero-order chi connectivity index (χ0) is 22.6. The molecule has 1 aliphatic heterocycles. The molecule has 0 bridgehead atoms. The Labute approximate surface area is 182 Å². The summed E-state index contributed by atoms with van der Waals surface area (Å²) in [6.45, 7) is -0.105. The second-order valence-corrected chi connectivity index (χ2v) is 7.93. The number of hydrogen-bond acceptors (Lipinski definition) is 5. The predicted molar refractivity (Wildman–Crippen MR) is 113 cm³/mol. The van der Waals surface area contributed by atoms with Crippen LogP contribution in [0.2, 0.25) is 0 Å². The topological polar surface area (TPSA) is 90.9 Å². The van der Waals surface area contributed by atoms with Gasteiger partial charge in [-0.05, 0) is 25.3 Å². The van der Waals surface area contributed by atoms with Crippen molar-refractivity contribution < 1.29 is 28.2 Å². The number of urea groups is 1. The minimum atomic E-state index is -1.01. The number of fused-ring (bicyclic) bond motifs is 3. The van der Waals surface area contributed by atoms with E-state index in [2.05, 4.69) is 9.97 Å². The summed E-state index contributed by atoms with van der Waals surface area (Å²) in [6, 6.07) is 1.74. The maximum absolute atomic E-state index is 15.3. The van der Waals surface area contributed by atoms with Crippen LogP contribution < -0.4 is 19.3 Å². The van der Waals surface area contributed by atoms with Crippen LogP contribution in [0.3, 0.4) is 0 Å². The van der Waals surface area contributed by atoms with E-state index >= 15 is 8.78 Å². The number of carbonyl (C=O) groups is 1. The summed E-state index contributed by atoms with van der Waals surface area (Å²) >= 11 is 0. The number of methoxy groups -OCH3 is 2. The van der Waals surface area contributed by atoms with E-state index in [9.17, 15) is 9.90 Å². The summed E-state index contributed by atoms with van der Waals surface area (Å²) in [5.74, 6) is -2.51. The van der Waals surface area contributed by atoms with Gasteiger partial charge >= 0.3 is 6.03 Å². The number of rotatable bonds is 4. The van der Waals surface area contributed by atoms with Gasteiger partial charge in [0, 0.05) is 29.4 Å². The molecule has 168 valence electrons. The van der Waals surface area contributed by atoms with E-state index < -0.39 is 35.5 Å². The molecule has 2 atom stereocenters. The molecule has 2 aromatic heterocycles. The van der Waals surface area contributed by atoms with E-state index in [0.29, 0.717) is 35.1 Å². The van der Waals surface area contributed by atoms with Crippen LogP contribution >= 0.6 is 0 Å². The number of aromatic amines is 1. The smallest absolute Gasteiger partial charge is 0.329 e. The lowest BCUT2D eigenvalue weighted by molar-refractivity contribution is 0.160. The van der Waals surface area contributed by atoms with Crippen molar-refractivity contribution in [2.75, 3.05) is 24.0 Å². The summed E-state index contributed by atoms with van der Waals surface area (Å²) in [7, 11) is 2.50. The number of amides is 2. The number of aliphatic hydroxyl groups excluding tert-OH is 1. The minimum Gasteiger partial charge on any atom is -0.493 e. The van der Waals surface area contributed by atoms with Gasteiger partial charge in [-0.15, -0.1) is 0 Å². The average molecular weight is 444 g/mol. The third-order valence-electron chi connectivity index (χ3n) is 6.24. The van der Waals surface area contributed by atoms with Crippen molar-refractivity contribution in [3.05, 3.63) is 41.7 Å². The molecule has 8 nitrogen and oxygen atoms in total. The Hall–Kier alpha value is -3.40. The van der Waals surface area contributed by atoms with Crippen LogP contribution in [0.5, 0.6) is 11.5 Å². The maximum atomic E-state index is 15.3. The fourth-order valence-electron chi connectivity index (χ4n) is 4.71. The molecule has 1 fully saturated rings. The summed E-state index contributed by atoms with van der Waals surface area (Å²) in [6.07, 6.45) is 4.40. The molecule has 1 aliphatic carbocycles. The van der Waals surface area contributed by atoms with Gasteiger partial charge < -0.3 is 19.6 Å². The molecular formula is C22H22F2N4O4. The van der Waals surface area contributed by atoms with Gasteiger partial charge in [0.05, 0.1) is 38.6 Å². The molecule has 2 aliphatic rings. The molecule has 1 aromatic carbocycles. The van der Waals surface area contributed by atoms with Crippen molar-refractivity contribution in [1.82, 2.24) is 9.97 Å². The highest BCUT2D eigenvalue weighted by Crippen LogP contribution is 2.44. The van der Waals surface area contributed by atoms with Gasteiger partial charge in [-0.1, -0.05) is 0 Å². The van der Waals surface area contributed by atoms with Gasteiger partial charge in [0.1, 0.15) is 11.3 Å². The lowest BCUT2D eigenvalue weighted by atomic mass is 10.0. The fraction of sp³-hybridized carbons (Fsp3) is 0.364. The lowest BCUT2D eigenvalue weighted by Gasteiger charge is -2.41. The molecule has 1 saturated carbocycles. The zero-order valence-corrected chi connectivity index (χ0v) is 17.6. The summed E-state index contributed by atoms with van der Waals surface area (Å²) < 4.78 is 40.6. The molecule has 0 saturated heterocycles. The summed E-state index contributed by atoms with van der Waals surface area (Å²) in [5.41, 5.74) is 1.22. The molecule has 10 heteroatoms. The number of hydrogen-bond donors (Lipinski definition) is 2. The Morgan fingerprint density at radius 1 is 1.16 bits per heavy atom. The number of anilines is 2. The van der Waals surface area contributed by atoms with E-state index in [-0.39, 0.29) is 18.0 Å². The molecule has 32 heavy (non-hydrogen) atoms. The highest BCUT2D eigenvalue weighted by atomic mass is 19.1. The molecule has 0 unspecified atom stereocenters. The number of halogens is 2. The molecule has 2 N–H and O–H groups in total. The largest absolute Gasteiger partial charge is 0.493 e. The maximum Gasteiger partial charge on any atom is 0.329 e. The number of aliphatic hydroxyl groups is 1. The first-order valence-electron chi connectivity index (χ1n) is 10.3. The molecule has 0 spiro atoms. The Morgan fingerprint density at radius 3 is 2.50 bits per heavy atom. The third-order valence-corrected chi connectivity index (χ3v) is 6.24. The average Bonchev–Trinajstić information content (AvgIpc) is 3.43. The van der Waals surface area contributed by atoms with Crippen LogP contribution in [0.25, 0.3) is 11.0 Å². The monoisotopic (exact) mass is 444 g/mol. The second-order valence-electron chi connectivity index (χ2n) is 7.93. The van der Waals surface area contributed by atoms with Crippen LogP contribution in [0, 0.1) is 11.6 Å². The first kappa shape index (κ1) is 20.5. The normalized spacial score (nSPS) is 20.7. The zero-order valence-electron chi connectivity index (χ0n) is 17.6. The van der Waals surface area contributed by atoms with Crippen LogP contribution in [0.15, 0.2) is 24.5 Å². The van der Waals surface area contributed by atoms with Crippen molar-refractivity contribution in [2.45, 2.75) is 38.0 Å². The summed E-state index contributed by atoms with van der Waals surface area (Å²) in [4.78, 5) is 23.7. The van der Waals surface area contributed by atoms with Crippen LogP contribution in [-0.4, -0.2) is 47.5 Å². The van der Waals surface area contributed by atoms with Gasteiger partial charge in [0.25, 0.3) is 0 Å². The van der Waals surface area contributed by atoms with Crippen molar-refractivity contribution in [3.63, 3.8) is 0 Å². The van der Waals surface area contributed by atoms with Crippen LogP contribution in [0.4, 0.5) is 25.0 Å². The van der Waals surface area contributed by atoms with Gasteiger partial charge in [0.15, 0.2) is 23.1 Å². The minimum absolute atomic E-state index is 0.105. The van der Waals surface area contributed by atoms with Crippen molar-refractivity contribution in [1.29, 1.82) is 0 Å². The Balaban J connectivity index is 1.73. The van der Waals surface area contributed by atoms with Crippen molar-refractivity contribution in [2.24, 2.45) is 0 Å². The second kappa shape index (κ2) is 7.63. The summed E-state index contributed by atoms with van der Waals surface area (Å²) in [5, 5.41) is 11.3. The van der Waals surface area contributed by atoms with E-state index in [1.165, 1.54) is 19.1 Å². The number of aromatic nitrogens is 2. The van der Waals surface area contributed by atoms with Crippen LogP contribution in [-0.2, 0) is 6.54 Å². The number of nitrogens with zero attached hydrogens (tertiary/aromatic N) is 3. The fourth-order valence-corrected chi connectivity index (χ4v) is 4.71. The Bertz CT molecular complexity index is 1190. The number of pyridine rings is 1. The van der Waals surface area contributed by atoms with Crippen molar-refractivity contribution in [3.8, 4) is 11.5 Å². The Kier molecular flexibility index (Phi) is 4.89. The number of ether oxygens (including phenoxy) is 2. The molecule has 0 radical (unpaired) electrons. The van der Waals surface area contributed by atoms with Gasteiger partial charge in [-0.2, -0.15) is 0 Å². The Morgan fingerprint density at radius 2 is 1.88 bits per heavy atom. The SMILES string of the molecule is COc1cc(OC)c(F)c(N2Cc3cnc4[nH]ccc4c3N([C@@H]3CCC[C@H]3O)C2=O)c1F. The number of nitrogens with one attached hydrogen (secondary N) is 1. The molecule has 3 heterocycles. The van der Waals surface area contributed by atoms with E-state index in [0.717, 1.165) is 17.4 Å². The van der Waals surface area contributed by atoms with Gasteiger partial charge in [-0.3, -0.25) is 9.80 Å². The predicted octanol–water partition coefficient (Wildman–Crippen LogP) is 3.72.